The summed E-state index contributed by atoms with van der Waals surface area (Å²) in [5.74, 6) is 2.43. The van der Waals surface area contributed by atoms with Crippen molar-refractivity contribution in [2.75, 3.05) is 33.0 Å². The molecule has 2 aromatic rings. The second-order valence-electron chi connectivity index (χ2n) is 9.26. The molecule has 4 rings (SSSR count). The van der Waals surface area contributed by atoms with Crippen LogP contribution in [0.2, 0.25) is 0 Å². The Kier molecular flexibility index (Phi) is 7.91. The van der Waals surface area contributed by atoms with Crippen LogP contribution in [-0.2, 0) is 13.0 Å². The Morgan fingerprint density at radius 2 is 1.77 bits per heavy atom. The van der Waals surface area contributed by atoms with Gasteiger partial charge < -0.3 is 14.4 Å². The zero-order valence-electron chi connectivity index (χ0n) is 18.9. The molecule has 5 heteroatoms. The van der Waals surface area contributed by atoms with E-state index in [9.17, 15) is 0 Å². The molecule has 0 bridgehead atoms. The predicted molar refractivity (Wildman–Crippen MR) is 130 cm³/mol. The fourth-order valence-electron chi connectivity index (χ4n) is 4.55. The maximum atomic E-state index is 5.63. The van der Waals surface area contributed by atoms with E-state index in [-0.39, 0.29) is 0 Å². The van der Waals surface area contributed by atoms with Crippen molar-refractivity contribution in [3.05, 3.63) is 58.1 Å². The van der Waals surface area contributed by atoms with Crippen LogP contribution in [-0.4, -0.2) is 48.8 Å². The molecule has 4 nitrogen and oxygen atoms in total. The Labute approximate surface area is 195 Å². The van der Waals surface area contributed by atoms with E-state index in [4.69, 9.17) is 9.47 Å². The molecule has 0 spiro atoms. The third-order valence-corrected chi connectivity index (χ3v) is 7.28. The lowest BCUT2D eigenvalue weighted by atomic mass is 10.00. The largest absolute Gasteiger partial charge is 0.454 e. The lowest BCUT2D eigenvalue weighted by Gasteiger charge is -2.39. The number of halogens is 1. The minimum absolute atomic E-state index is 0.323. The van der Waals surface area contributed by atoms with E-state index in [1.807, 2.05) is 0 Å². The van der Waals surface area contributed by atoms with Gasteiger partial charge in [0.05, 0.1) is 0 Å². The van der Waals surface area contributed by atoms with E-state index in [2.05, 4.69) is 82.0 Å². The van der Waals surface area contributed by atoms with Gasteiger partial charge in [-0.2, -0.15) is 0 Å². The van der Waals surface area contributed by atoms with Crippen molar-refractivity contribution >= 4 is 15.9 Å². The average molecular weight is 487 g/mol. The first kappa shape index (κ1) is 22.6. The van der Waals surface area contributed by atoms with Crippen molar-refractivity contribution in [3.8, 4) is 11.5 Å². The Hall–Kier alpha value is -1.56. The monoisotopic (exact) mass is 486 g/mol. The van der Waals surface area contributed by atoms with E-state index in [1.165, 1.54) is 43.5 Å². The number of rotatable bonds is 9. The quantitative estimate of drug-likeness (QED) is 0.451. The summed E-state index contributed by atoms with van der Waals surface area (Å²) in [6.45, 7) is 10.6. The summed E-state index contributed by atoms with van der Waals surface area (Å²) in [5.41, 5.74) is 2.73. The van der Waals surface area contributed by atoms with Crippen LogP contribution in [0.5, 0.6) is 11.5 Å². The molecule has 0 aromatic heterocycles. The summed E-state index contributed by atoms with van der Waals surface area (Å²) in [6.07, 6.45) is 4.87. The Bertz CT molecular complexity index is 835. The highest BCUT2D eigenvalue weighted by atomic mass is 79.9. The summed E-state index contributed by atoms with van der Waals surface area (Å²) in [5, 5.41) is 0. The normalized spacial score (nSPS) is 17.1. The van der Waals surface area contributed by atoms with Crippen LogP contribution in [0.25, 0.3) is 0 Å². The molecule has 2 aliphatic rings. The summed E-state index contributed by atoms with van der Waals surface area (Å²) < 4.78 is 12.3. The van der Waals surface area contributed by atoms with Crippen molar-refractivity contribution < 1.29 is 9.47 Å². The third-order valence-electron chi connectivity index (χ3n) is 6.54. The first-order chi connectivity index (χ1) is 15.1. The fraction of sp³-hybridized carbons (Fsp3) is 0.538. The number of piperidine rings is 1. The average Bonchev–Trinajstić information content (AvgIpc) is 3.23. The topological polar surface area (TPSA) is 24.9 Å². The second kappa shape index (κ2) is 10.8. The number of benzene rings is 2. The maximum absolute atomic E-state index is 5.63. The number of hydrogen-bond acceptors (Lipinski definition) is 4. The summed E-state index contributed by atoms with van der Waals surface area (Å²) in [7, 11) is 0. The minimum Gasteiger partial charge on any atom is -0.454 e. The van der Waals surface area contributed by atoms with E-state index in [0.717, 1.165) is 42.0 Å². The van der Waals surface area contributed by atoms with Crippen molar-refractivity contribution in [2.45, 2.75) is 52.1 Å². The van der Waals surface area contributed by atoms with Gasteiger partial charge in [0.15, 0.2) is 11.5 Å². The molecule has 2 heterocycles. The maximum Gasteiger partial charge on any atom is 0.231 e. The van der Waals surface area contributed by atoms with Crippen LogP contribution >= 0.6 is 15.9 Å². The van der Waals surface area contributed by atoms with Gasteiger partial charge in [-0.3, -0.25) is 4.90 Å². The lowest BCUT2D eigenvalue weighted by Crippen LogP contribution is -2.45. The van der Waals surface area contributed by atoms with Crippen LogP contribution in [0.1, 0.15) is 44.2 Å². The van der Waals surface area contributed by atoms with E-state index in [0.29, 0.717) is 18.8 Å². The highest BCUT2D eigenvalue weighted by molar-refractivity contribution is 9.10. The van der Waals surface area contributed by atoms with Gasteiger partial charge in [0, 0.05) is 23.6 Å². The predicted octanol–water partition coefficient (Wildman–Crippen LogP) is 5.73. The van der Waals surface area contributed by atoms with Crippen molar-refractivity contribution in [1.29, 1.82) is 0 Å². The molecule has 0 amide bonds. The van der Waals surface area contributed by atoms with Crippen LogP contribution in [0.15, 0.2) is 46.9 Å². The van der Waals surface area contributed by atoms with Crippen LogP contribution in [0.4, 0.5) is 0 Å². The molecule has 0 N–H and O–H groups in total. The van der Waals surface area contributed by atoms with Crippen LogP contribution in [0.3, 0.4) is 0 Å². The smallest absolute Gasteiger partial charge is 0.231 e. The van der Waals surface area contributed by atoms with Gasteiger partial charge in [0.1, 0.15) is 0 Å². The molecule has 2 aliphatic heterocycles. The third kappa shape index (κ3) is 6.24. The van der Waals surface area contributed by atoms with Crippen LogP contribution in [0, 0.1) is 5.92 Å². The molecule has 31 heavy (non-hydrogen) atoms. The zero-order chi connectivity index (χ0) is 21.6. The molecule has 0 radical (unpaired) electrons. The second-order valence-corrected chi connectivity index (χ2v) is 10.1. The molecule has 0 atom stereocenters. The fourth-order valence-corrected chi connectivity index (χ4v) is 5.00. The summed E-state index contributed by atoms with van der Waals surface area (Å²) in [4.78, 5) is 5.34. The number of ether oxygens (including phenoxy) is 2. The Balaban J connectivity index is 1.36. The molecular formula is C26H35BrN2O2. The number of likely N-dealkylation sites (tertiary alicyclic amines) is 1. The molecule has 0 unspecified atom stereocenters. The molecule has 1 fully saturated rings. The van der Waals surface area contributed by atoms with Gasteiger partial charge in [-0.05, 0) is 74.5 Å². The van der Waals surface area contributed by atoms with E-state index >= 15 is 0 Å². The molecule has 0 saturated carbocycles. The number of fused-ring (bicyclic) bond motifs is 1. The van der Waals surface area contributed by atoms with E-state index in [1.54, 1.807) is 0 Å². The standard InChI is InChI=1S/C26H35BrN2O2/c1-20(2)8-15-29(18-22-16-25-26(17-24(22)27)31-19-30-25)23-10-13-28(14-11-23)12-9-21-6-4-3-5-7-21/h3-7,16-17,20,23H,8-15,18-19H2,1-2H3. The van der Waals surface area contributed by atoms with Gasteiger partial charge in [-0.1, -0.05) is 60.1 Å². The first-order valence-corrected chi connectivity index (χ1v) is 12.5. The molecular weight excluding hydrogens is 452 g/mol. The molecule has 168 valence electrons. The van der Waals surface area contributed by atoms with Gasteiger partial charge in [-0.25, -0.2) is 0 Å². The van der Waals surface area contributed by atoms with E-state index < -0.39 is 0 Å². The SMILES string of the molecule is CC(C)CCN(Cc1cc2c(cc1Br)OCO2)C1CCN(CCc2ccccc2)CC1. The number of hydrogen-bond donors (Lipinski definition) is 0. The van der Waals surface area contributed by atoms with Crippen molar-refractivity contribution in [1.82, 2.24) is 9.80 Å². The minimum atomic E-state index is 0.323. The summed E-state index contributed by atoms with van der Waals surface area (Å²) >= 11 is 3.76. The Morgan fingerprint density at radius 3 is 2.48 bits per heavy atom. The molecule has 0 aliphatic carbocycles. The first-order valence-electron chi connectivity index (χ1n) is 11.7. The number of nitrogens with zero attached hydrogens (tertiary/aromatic N) is 2. The highest BCUT2D eigenvalue weighted by Gasteiger charge is 2.26. The zero-order valence-corrected chi connectivity index (χ0v) is 20.4. The Morgan fingerprint density at radius 1 is 1.06 bits per heavy atom. The highest BCUT2D eigenvalue weighted by Crippen LogP contribution is 2.37. The van der Waals surface area contributed by atoms with Crippen LogP contribution < -0.4 is 9.47 Å². The van der Waals surface area contributed by atoms with Gasteiger partial charge >= 0.3 is 0 Å². The van der Waals surface area contributed by atoms with Gasteiger partial charge in [0.2, 0.25) is 6.79 Å². The van der Waals surface area contributed by atoms with Gasteiger partial charge in [0.25, 0.3) is 0 Å². The van der Waals surface area contributed by atoms with Crippen molar-refractivity contribution in [2.24, 2.45) is 5.92 Å². The lowest BCUT2D eigenvalue weighted by molar-refractivity contribution is 0.0986. The van der Waals surface area contributed by atoms with Crippen molar-refractivity contribution in [3.63, 3.8) is 0 Å². The summed E-state index contributed by atoms with van der Waals surface area (Å²) in [6, 6.07) is 15.7. The molecule has 2 aromatic carbocycles. The van der Waals surface area contributed by atoms with Gasteiger partial charge in [-0.15, -0.1) is 0 Å². The molecule has 1 saturated heterocycles.